The summed E-state index contributed by atoms with van der Waals surface area (Å²) in [5.74, 6) is -3.03. The Morgan fingerprint density at radius 2 is 2.00 bits per heavy atom. The van der Waals surface area contributed by atoms with Crippen molar-refractivity contribution in [2.45, 2.75) is 25.8 Å². The van der Waals surface area contributed by atoms with Crippen molar-refractivity contribution in [1.29, 1.82) is 0 Å². The van der Waals surface area contributed by atoms with Gasteiger partial charge in [-0.15, -0.1) is 0 Å². The van der Waals surface area contributed by atoms with E-state index < -0.39 is 23.9 Å². The number of carboxylic acid groups (broad SMARTS) is 2. The second-order valence-electron chi connectivity index (χ2n) is 3.76. The van der Waals surface area contributed by atoms with E-state index in [1.54, 1.807) is 0 Å². The molecule has 1 aliphatic rings. The van der Waals surface area contributed by atoms with Crippen LogP contribution in [0.15, 0.2) is 0 Å². The van der Waals surface area contributed by atoms with E-state index in [2.05, 4.69) is 0 Å². The van der Waals surface area contributed by atoms with E-state index in [1.807, 2.05) is 6.92 Å². The molecule has 4 N–H and O–H groups in total. The molecule has 0 bridgehead atoms. The largest absolute Gasteiger partial charge is 0.481 e. The molecule has 1 aliphatic carbocycles. The number of nitrogens with two attached hydrogens (primary N) is 1. The molecule has 80 valence electrons. The summed E-state index contributed by atoms with van der Waals surface area (Å²) in [6, 6.07) is -1.03. The molecule has 0 radical (unpaired) electrons. The van der Waals surface area contributed by atoms with Gasteiger partial charge in [-0.1, -0.05) is 13.3 Å². The number of aliphatic carboxylic acids is 2. The summed E-state index contributed by atoms with van der Waals surface area (Å²) >= 11 is 0. The van der Waals surface area contributed by atoms with Crippen molar-refractivity contribution in [3.63, 3.8) is 0 Å². The van der Waals surface area contributed by atoms with Crippen molar-refractivity contribution in [1.82, 2.24) is 0 Å². The Balaban J connectivity index is 2.62. The van der Waals surface area contributed by atoms with Crippen LogP contribution in [0.1, 0.15) is 19.8 Å². The molecule has 0 saturated heterocycles. The average molecular weight is 201 g/mol. The van der Waals surface area contributed by atoms with Crippen molar-refractivity contribution < 1.29 is 19.8 Å². The fourth-order valence-corrected chi connectivity index (χ4v) is 2.11. The third kappa shape index (κ3) is 1.87. The summed E-state index contributed by atoms with van der Waals surface area (Å²) in [5.41, 5.74) is 5.41. The van der Waals surface area contributed by atoms with Crippen LogP contribution in [0.4, 0.5) is 0 Å². The Morgan fingerprint density at radius 1 is 1.43 bits per heavy atom. The van der Waals surface area contributed by atoms with Gasteiger partial charge in [0.15, 0.2) is 0 Å². The van der Waals surface area contributed by atoms with Gasteiger partial charge in [0.2, 0.25) is 0 Å². The highest BCUT2D eigenvalue weighted by Crippen LogP contribution is 2.50. The van der Waals surface area contributed by atoms with Crippen LogP contribution in [0, 0.1) is 17.8 Å². The highest BCUT2D eigenvalue weighted by molar-refractivity contribution is 5.80. The van der Waals surface area contributed by atoms with E-state index in [9.17, 15) is 9.59 Å². The van der Waals surface area contributed by atoms with Crippen molar-refractivity contribution in [3.05, 3.63) is 0 Å². The van der Waals surface area contributed by atoms with E-state index in [0.717, 1.165) is 12.8 Å². The summed E-state index contributed by atoms with van der Waals surface area (Å²) in [6.45, 7) is 1.95. The highest BCUT2D eigenvalue weighted by Gasteiger charge is 2.58. The van der Waals surface area contributed by atoms with Crippen molar-refractivity contribution in [2.24, 2.45) is 23.5 Å². The minimum absolute atomic E-state index is 0.0522. The molecule has 14 heavy (non-hydrogen) atoms. The molecule has 4 atom stereocenters. The average Bonchev–Trinajstić information content (AvgIpc) is 2.78. The summed E-state index contributed by atoms with van der Waals surface area (Å²) in [5, 5.41) is 17.5. The van der Waals surface area contributed by atoms with Gasteiger partial charge in [0.1, 0.15) is 6.04 Å². The van der Waals surface area contributed by atoms with E-state index >= 15 is 0 Å². The van der Waals surface area contributed by atoms with Crippen molar-refractivity contribution in [2.75, 3.05) is 0 Å². The monoisotopic (exact) mass is 201 g/mol. The van der Waals surface area contributed by atoms with Gasteiger partial charge in [0, 0.05) is 5.92 Å². The molecule has 1 saturated carbocycles. The Morgan fingerprint density at radius 3 is 2.36 bits per heavy atom. The Kier molecular flexibility index (Phi) is 3.10. The second-order valence-corrected chi connectivity index (χ2v) is 3.76. The summed E-state index contributed by atoms with van der Waals surface area (Å²) < 4.78 is 0. The van der Waals surface area contributed by atoms with Gasteiger partial charge in [-0.3, -0.25) is 9.59 Å². The lowest BCUT2D eigenvalue weighted by Gasteiger charge is -2.03. The van der Waals surface area contributed by atoms with Gasteiger partial charge in [0.25, 0.3) is 0 Å². The Bertz CT molecular complexity index is 253. The summed E-state index contributed by atoms with van der Waals surface area (Å²) in [4.78, 5) is 21.3. The standard InChI is InChI=1S/C9H15NO4/c1-2-3-4-5(6(4)8(11)12)7(10)9(13)14/h4-7H,2-3,10H2,1H3,(H,11,12)(H,13,14)/t4-,5-,6-,7?/m1/s1. The molecule has 0 aromatic heterocycles. The molecule has 0 aromatic carbocycles. The lowest BCUT2D eigenvalue weighted by molar-refractivity contribution is -0.140. The zero-order valence-electron chi connectivity index (χ0n) is 8.01. The van der Waals surface area contributed by atoms with Crippen LogP contribution < -0.4 is 5.73 Å². The van der Waals surface area contributed by atoms with Crippen LogP contribution in [0.2, 0.25) is 0 Å². The molecule has 0 amide bonds. The number of hydrogen-bond acceptors (Lipinski definition) is 3. The van der Waals surface area contributed by atoms with Crippen LogP contribution in [0.5, 0.6) is 0 Å². The molecule has 1 rings (SSSR count). The zero-order chi connectivity index (χ0) is 10.9. The molecule has 5 nitrogen and oxygen atoms in total. The minimum atomic E-state index is -1.11. The first-order valence-corrected chi connectivity index (χ1v) is 4.71. The predicted molar refractivity (Wildman–Crippen MR) is 48.6 cm³/mol. The molecule has 5 heteroatoms. The molecule has 1 unspecified atom stereocenters. The molecule has 0 heterocycles. The lowest BCUT2D eigenvalue weighted by atomic mass is 10.1. The van der Waals surface area contributed by atoms with Crippen LogP contribution >= 0.6 is 0 Å². The smallest absolute Gasteiger partial charge is 0.320 e. The maximum absolute atomic E-state index is 10.7. The van der Waals surface area contributed by atoms with Crippen LogP contribution in [0.3, 0.4) is 0 Å². The Labute approximate surface area is 81.9 Å². The van der Waals surface area contributed by atoms with Gasteiger partial charge in [-0.25, -0.2) is 0 Å². The SMILES string of the molecule is CCC[C@H]1[C@@H](C(=O)O)[C@@H]1C(N)C(=O)O. The fourth-order valence-electron chi connectivity index (χ4n) is 2.11. The summed E-state index contributed by atoms with van der Waals surface area (Å²) in [7, 11) is 0. The van der Waals surface area contributed by atoms with Gasteiger partial charge in [-0.05, 0) is 12.3 Å². The third-order valence-electron chi connectivity index (χ3n) is 2.84. The molecular formula is C9H15NO4. The quantitative estimate of drug-likeness (QED) is 0.587. The van der Waals surface area contributed by atoms with Crippen LogP contribution in [-0.4, -0.2) is 28.2 Å². The number of carboxylic acids is 2. The van der Waals surface area contributed by atoms with Crippen molar-refractivity contribution >= 4 is 11.9 Å². The first-order valence-electron chi connectivity index (χ1n) is 4.71. The molecule has 0 spiro atoms. The van der Waals surface area contributed by atoms with E-state index in [-0.39, 0.29) is 11.8 Å². The van der Waals surface area contributed by atoms with E-state index in [1.165, 1.54) is 0 Å². The lowest BCUT2D eigenvalue weighted by Crippen LogP contribution is -2.34. The van der Waals surface area contributed by atoms with E-state index in [0.29, 0.717) is 0 Å². The van der Waals surface area contributed by atoms with Gasteiger partial charge < -0.3 is 15.9 Å². The number of carbonyl (C=O) groups is 2. The predicted octanol–water partition coefficient (Wildman–Crippen LogP) is 0.145. The minimum Gasteiger partial charge on any atom is -0.481 e. The molecule has 0 aliphatic heterocycles. The highest BCUT2D eigenvalue weighted by atomic mass is 16.4. The number of hydrogen-bond donors (Lipinski definition) is 3. The topological polar surface area (TPSA) is 101 Å². The zero-order valence-corrected chi connectivity index (χ0v) is 8.01. The number of rotatable bonds is 5. The molecular weight excluding hydrogens is 186 g/mol. The third-order valence-corrected chi connectivity index (χ3v) is 2.84. The maximum atomic E-state index is 10.7. The van der Waals surface area contributed by atoms with Gasteiger partial charge in [0.05, 0.1) is 5.92 Å². The van der Waals surface area contributed by atoms with Crippen molar-refractivity contribution in [3.8, 4) is 0 Å². The van der Waals surface area contributed by atoms with E-state index in [4.69, 9.17) is 15.9 Å². The molecule has 1 fully saturated rings. The first kappa shape index (κ1) is 11.0. The summed E-state index contributed by atoms with van der Waals surface area (Å²) in [6.07, 6.45) is 1.60. The molecule has 0 aromatic rings. The second kappa shape index (κ2) is 3.96. The van der Waals surface area contributed by atoms with Crippen LogP contribution in [0.25, 0.3) is 0 Å². The van der Waals surface area contributed by atoms with Crippen LogP contribution in [-0.2, 0) is 9.59 Å². The maximum Gasteiger partial charge on any atom is 0.320 e. The van der Waals surface area contributed by atoms with Gasteiger partial charge in [-0.2, -0.15) is 0 Å². The fraction of sp³-hybridized carbons (Fsp3) is 0.778. The first-order chi connectivity index (χ1) is 6.50. The van der Waals surface area contributed by atoms with Gasteiger partial charge >= 0.3 is 11.9 Å². The Hall–Kier alpha value is -1.10. The normalized spacial score (nSPS) is 32.3.